The van der Waals surface area contributed by atoms with E-state index in [1.165, 1.54) is 12.0 Å². The van der Waals surface area contributed by atoms with Gasteiger partial charge < -0.3 is 10.2 Å². The van der Waals surface area contributed by atoms with Crippen molar-refractivity contribution in [1.82, 2.24) is 10.2 Å². The SMILES string of the molecule is CN1CCCNC(C)(c2ccccc2Cl)C1. The van der Waals surface area contributed by atoms with E-state index in [4.69, 9.17) is 11.6 Å². The number of likely N-dealkylation sites (N-methyl/N-ethyl adjacent to an activating group) is 1. The Morgan fingerprint density at radius 2 is 2.12 bits per heavy atom. The molecule has 0 saturated carbocycles. The van der Waals surface area contributed by atoms with Gasteiger partial charge in [-0.2, -0.15) is 0 Å². The zero-order valence-corrected chi connectivity index (χ0v) is 10.7. The molecule has 88 valence electrons. The van der Waals surface area contributed by atoms with Crippen LogP contribution < -0.4 is 5.32 Å². The maximum Gasteiger partial charge on any atom is 0.0549 e. The molecule has 0 spiro atoms. The van der Waals surface area contributed by atoms with E-state index in [1.807, 2.05) is 12.1 Å². The van der Waals surface area contributed by atoms with Crippen LogP contribution in [0.1, 0.15) is 18.9 Å². The van der Waals surface area contributed by atoms with E-state index < -0.39 is 0 Å². The summed E-state index contributed by atoms with van der Waals surface area (Å²) in [5.74, 6) is 0. The van der Waals surface area contributed by atoms with Crippen LogP contribution in [-0.4, -0.2) is 31.6 Å². The molecule has 1 aromatic rings. The van der Waals surface area contributed by atoms with Gasteiger partial charge in [0.1, 0.15) is 0 Å². The second-order valence-electron chi connectivity index (χ2n) is 4.83. The third kappa shape index (κ3) is 2.40. The lowest BCUT2D eigenvalue weighted by molar-refractivity contribution is 0.259. The van der Waals surface area contributed by atoms with Crippen molar-refractivity contribution in [1.29, 1.82) is 0 Å². The molecule has 0 radical (unpaired) electrons. The quantitative estimate of drug-likeness (QED) is 0.809. The van der Waals surface area contributed by atoms with Crippen LogP contribution in [0.25, 0.3) is 0 Å². The molecule has 1 aliphatic rings. The summed E-state index contributed by atoms with van der Waals surface area (Å²) in [4.78, 5) is 2.36. The van der Waals surface area contributed by atoms with E-state index in [0.29, 0.717) is 0 Å². The number of hydrogen-bond donors (Lipinski definition) is 1. The van der Waals surface area contributed by atoms with Crippen molar-refractivity contribution in [2.75, 3.05) is 26.7 Å². The number of halogens is 1. The first-order chi connectivity index (χ1) is 7.62. The van der Waals surface area contributed by atoms with Gasteiger partial charge in [0, 0.05) is 11.6 Å². The Kier molecular flexibility index (Phi) is 3.53. The summed E-state index contributed by atoms with van der Waals surface area (Å²) < 4.78 is 0. The van der Waals surface area contributed by atoms with Crippen molar-refractivity contribution in [3.63, 3.8) is 0 Å². The summed E-state index contributed by atoms with van der Waals surface area (Å²) in [6, 6.07) is 8.12. The summed E-state index contributed by atoms with van der Waals surface area (Å²) in [6.07, 6.45) is 1.19. The summed E-state index contributed by atoms with van der Waals surface area (Å²) >= 11 is 6.29. The van der Waals surface area contributed by atoms with E-state index in [0.717, 1.165) is 24.7 Å². The Hall–Kier alpha value is -0.570. The molecule has 1 fully saturated rings. The molecule has 0 amide bonds. The molecule has 16 heavy (non-hydrogen) atoms. The van der Waals surface area contributed by atoms with Gasteiger partial charge >= 0.3 is 0 Å². The van der Waals surface area contributed by atoms with Crippen molar-refractivity contribution in [3.05, 3.63) is 34.9 Å². The molecule has 2 nitrogen and oxygen atoms in total. The van der Waals surface area contributed by atoms with Crippen LogP contribution in [0.3, 0.4) is 0 Å². The zero-order chi connectivity index (χ0) is 11.6. The fourth-order valence-corrected chi connectivity index (χ4v) is 2.82. The van der Waals surface area contributed by atoms with Gasteiger partial charge in [-0.15, -0.1) is 0 Å². The summed E-state index contributed by atoms with van der Waals surface area (Å²) in [7, 11) is 2.17. The molecule has 1 atom stereocenters. The lowest BCUT2D eigenvalue weighted by Gasteiger charge is -2.33. The van der Waals surface area contributed by atoms with Crippen LogP contribution in [0, 0.1) is 0 Å². The first kappa shape index (κ1) is 11.9. The Balaban J connectivity index is 2.32. The summed E-state index contributed by atoms with van der Waals surface area (Å²) in [5, 5.41) is 4.47. The average Bonchev–Trinajstić information content (AvgIpc) is 2.41. The maximum atomic E-state index is 6.29. The lowest BCUT2D eigenvalue weighted by atomic mass is 9.91. The third-order valence-corrected chi connectivity index (χ3v) is 3.62. The maximum absolute atomic E-state index is 6.29. The van der Waals surface area contributed by atoms with Crippen LogP contribution in [0.4, 0.5) is 0 Å². The molecular weight excluding hydrogens is 220 g/mol. The second kappa shape index (κ2) is 4.74. The van der Waals surface area contributed by atoms with Crippen molar-refractivity contribution in [2.24, 2.45) is 0 Å². The highest BCUT2D eigenvalue weighted by Gasteiger charge is 2.30. The minimum atomic E-state index is -0.0381. The van der Waals surface area contributed by atoms with Gasteiger partial charge in [0.2, 0.25) is 0 Å². The van der Waals surface area contributed by atoms with Crippen LogP contribution >= 0.6 is 11.6 Å². The Morgan fingerprint density at radius 3 is 2.88 bits per heavy atom. The molecule has 1 unspecified atom stereocenters. The standard InChI is InChI=1S/C13H19ClN2/c1-13(10-16(2)9-5-8-15-13)11-6-3-4-7-12(11)14/h3-4,6-7,15H,5,8-10H2,1-2H3. The van der Waals surface area contributed by atoms with Crippen molar-refractivity contribution in [2.45, 2.75) is 18.9 Å². The smallest absolute Gasteiger partial charge is 0.0549 e. The van der Waals surface area contributed by atoms with E-state index in [1.54, 1.807) is 0 Å². The number of nitrogens with zero attached hydrogens (tertiary/aromatic N) is 1. The highest BCUT2D eigenvalue weighted by atomic mass is 35.5. The molecule has 1 aliphatic heterocycles. The Morgan fingerprint density at radius 1 is 1.38 bits per heavy atom. The Bertz CT molecular complexity index is 367. The van der Waals surface area contributed by atoms with Crippen LogP contribution in [0.5, 0.6) is 0 Å². The molecule has 1 N–H and O–H groups in total. The minimum Gasteiger partial charge on any atom is -0.306 e. The number of benzene rings is 1. The molecule has 0 aliphatic carbocycles. The second-order valence-corrected chi connectivity index (χ2v) is 5.24. The topological polar surface area (TPSA) is 15.3 Å². The highest BCUT2D eigenvalue weighted by molar-refractivity contribution is 6.31. The molecule has 1 aromatic carbocycles. The molecule has 0 aromatic heterocycles. The first-order valence-electron chi connectivity index (χ1n) is 5.80. The van der Waals surface area contributed by atoms with Gasteiger partial charge in [0.25, 0.3) is 0 Å². The van der Waals surface area contributed by atoms with Gasteiger partial charge in [-0.25, -0.2) is 0 Å². The van der Waals surface area contributed by atoms with Gasteiger partial charge in [-0.3, -0.25) is 0 Å². The normalized spacial score (nSPS) is 27.7. The molecule has 2 rings (SSSR count). The minimum absolute atomic E-state index is 0.0381. The van der Waals surface area contributed by atoms with E-state index in [-0.39, 0.29) is 5.54 Å². The predicted octanol–water partition coefficient (Wildman–Crippen LogP) is 2.48. The summed E-state index contributed by atoms with van der Waals surface area (Å²) in [6.45, 7) is 5.42. The van der Waals surface area contributed by atoms with Crippen LogP contribution in [-0.2, 0) is 5.54 Å². The molecule has 1 saturated heterocycles. The fourth-order valence-electron chi connectivity index (χ4n) is 2.48. The summed E-state index contributed by atoms with van der Waals surface area (Å²) in [5.41, 5.74) is 1.16. The van der Waals surface area contributed by atoms with Gasteiger partial charge in [0.05, 0.1) is 5.54 Å². The zero-order valence-electron chi connectivity index (χ0n) is 9.96. The van der Waals surface area contributed by atoms with Crippen molar-refractivity contribution >= 4 is 11.6 Å². The van der Waals surface area contributed by atoms with E-state index >= 15 is 0 Å². The first-order valence-corrected chi connectivity index (χ1v) is 6.18. The number of rotatable bonds is 1. The molecule has 3 heteroatoms. The average molecular weight is 239 g/mol. The van der Waals surface area contributed by atoms with Crippen molar-refractivity contribution < 1.29 is 0 Å². The predicted molar refractivity (Wildman–Crippen MR) is 68.9 cm³/mol. The largest absolute Gasteiger partial charge is 0.306 e. The Labute approximate surface area is 103 Å². The van der Waals surface area contributed by atoms with Crippen LogP contribution in [0.15, 0.2) is 24.3 Å². The number of nitrogens with one attached hydrogen (secondary N) is 1. The fraction of sp³-hybridized carbons (Fsp3) is 0.538. The van der Waals surface area contributed by atoms with Gasteiger partial charge in [-0.1, -0.05) is 29.8 Å². The monoisotopic (exact) mass is 238 g/mol. The van der Waals surface area contributed by atoms with Gasteiger partial charge in [-0.05, 0) is 45.1 Å². The van der Waals surface area contributed by atoms with Gasteiger partial charge in [0.15, 0.2) is 0 Å². The lowest BCUT2D eigenvalue weighted by Crippen LogP contribution is -2.45. The molecule has 1 heterocycles. The molecular formula is C13H19ClN2. The van der Waals surface area contributed by atoms with E-state index in [9.17, 15) is 0 Å². The van der Waals surface area contributed by atoms with Crippen LogP contribution in [0.2, 0.25) is 5.02 Å². The highest BCUT2D eigenvalue weighted by Crippen LogP contribution is 2.29. The molecule has 0 bridgehead atoms. The van der Waals surface area contributed by atoms with Crippen molar-refractivity contribution in [3.8, 4) is 0 Å². The third-order valence-electron chi connectivity index (χ3n) is 3.29. The van der Waals surface area contributed by atoms with E-state index in [2.05, 4.69) is 36.3 Å². The number of hydrogen-bond acceptors (Lipinski definition) is 2.